The summed E-state index contributed by atoms with van der Waals surface area (Å²) in [6.45, 7) is 4.75. The zero-order valence-corrected chi connectivity index (χ0v) is 18.7. The van der Waals surface area contributed by atoms with Crippen LogP contribution in [0.3, 0.4) is 0 Å². The third kappa shape index (κ3) is 5.77. The molecule has 30 heavy (non-hydrogen) atoms. The van der Waals surface area contributed by atoms with Gasteiger partial charge in [-0.3, -0.25) is 0 Å². The number of nitrogens with one attached hydrogen (secondary N) is 2. The van der Waals surface area contributed by atoms with Gasteiger partial charge in [-0.2, -0.15) is 4.98 Å². The van der Waals surface area contributed by atoms with Gasteiger partial charge in [-0.25, -0.2) is 15.0 Å². The van der Waals surface area contributed by atoms with E-state index in [9.17, 15) is 0 Å². The molecule has 0 unspecified atom stereocenters. The Balaban J connectivity index is 1.50. The molecule has 0 bridgehead atoms. The number of nitrogens with zero attached hydrogens (tertiary/aromatic N) is 5. The van der Waals surface area contributed by atoms with Gasteiger partial charge in [0.05, 0.1) is 6.10 Å². The molecule has 2 aromatic heterocycles. The Labute approximate surface area is 186 Å². The fourth-order valence-electron chi connectivity index (χ4n) is 3.70. The third-order valence-corrected chi connectivity index (χ3v) is 6.32. The van der Waals surface area contributed by atoms with E-state index in [0.29, 0.717) is 28.8 Å². The summed E-state index contributed by atoms with van der Waals surface area (Å²) in [6, 6.07) is 4.25. The van der Waals surface area contributed by atoms with Crippen LogP contribution in [0.2, 0.25) is 0 Å². The fourth-order valence-corrected chi connectivity index (χ4v) is 4.58. The molecule has 2 fully saturated rings. The minimum Gasteiger partial charge on any atom is -0.376 e. The van der Waals surface area contributed by atoms with Crippen molar-refractivity contribution in [2.75, 3.05) is 29.9 Å². The van der Waals surface area contributed by atoms with Gasteiger partial charge in [-0.05, 0) is 69.1 Å². The average molecular weight is 446 g/mol. The van der Waals surface area contributed by atoms with Gasteiger partial charge in [0.15, 0.2) is 10.3 Å². The van der Waals surface area contributed by atoms with Crippen molar-refractivity contribution in [1.82, 2.24) is 25.3 Å². The van der Waals surface area contributed by atoms with Gasteiger partial charge in [0.1, 0.15) is 10.8 Å². The van der Waals surface area contributed by atoms with Crippen molar-refractivity contribution in [2.24, 2.45) is 0 Å². The van der Waals surface area contributed by atoms with E-state index < -0.39 is 0 Å². The predicted octanol–water partition coefficient (Wildman–Crippen LogP) is 3.26. The molecular formula is C20H27N7OS2. The van der Waals surface area contributed by atoms with E-state index in [0.717, 1.165) is 36.8 Å². The van der Waals surface area contributed by atoms with Crippen LogP contribution in [0.5, 0.6) is 0 Å². The molecule has 160 valence electrons. The number of thiocarbonyl (C=S) groups is 1. The van der Waals surface area contributed by atoms with Crippen LogP contribution in [-0.4, -0.2) is 56.9 Å². The quantitative estimate of drug-likeness (QED) is 0.392. The molecule has 4 heterocycles. The summed E-state index contributed by atoms with van der Waals surface area (Å²) in [5.74, 6) is 1.38. The van der Waals surface area contributed by atoms with E-state index >= 15 is 0 Å². The highest BCUT2D eigenvalue weighted by atomic mass is 32.2. The topological polar surface area (TPSA) is 88.1 Å². The van der Waals surface area contributed by atoms with Gasteiger partial charge in [0, 0.05) is 44.2 Å². The summed E-state index contributed by atoms with van der Waals surface area (Å²) >= 11 is 6.88. The minimum atomic E-state index is 0.215. The van der Waals surface area contributed by atoms with Crippen molar-refractivity contribution in [3.05, 3.63) is 24.5 Å². The molecular weight excluding hydrogens is 418 g/mol. The zero-order chi connectivity index (χ0) is 20.8. The highest BCUT2D eigenvalue weighted by molar-refractivity contribution is 7.99. The molecule has 2 aliphatic heterocycles. The smallest absolute Gasteiger partial charge is 0.232 e. The van der Waals surface area contributed by atoms with Crippen molar-refractivity contribution in [3.63, 3.8) is 0 Å². The lowest BCUT2D eigenvalue weighted by Gasteiger charge is -2.34. The van der Waals surface area contributed by atoms with E-state index in [1.54, 1.807) is 18.5 Å². The van der Waals surface area contributed by atoms with Crippen LogP contribution in [0.4, 0.5) is 11.8 Å². The summed E-state index contributed by atoms with van der Waals surface area (Å²) in [7, 11) is 0. The van der Waals surface area contributed by atoms with Gasteiger partial charge >= 0.3 is 0 Å². The molecule has 0 amide bonds. The maximum absolute atomic E-state index is 5.64. The molecule has 0 saturated carbocycles. The second-order valence-electron chi connectivity index (χ2n) is 7.53. The molecule has 2 aliphatic rings. The number of aromatic nitrogens is 4. The highest BCUT2D eigenvalue weighted by Gasteiger charge is 2.22. The van der Waals surface area contributed by atoms with Crippen LogP contribution in [0.25, 0.3) is 0 Å². The predicted molar refractivity (Wildman–Crippen MR) is 122 cm³/mol. The van der Waals surface area contributed by atoms with Crippen LogP contribution in [0.1, 0.15) is 39.0 Å². The molecule has 10 heteroatoms. The Bertz CT molecular complexity index is 848. The van der Waals surface area contributed by atoms with E-state index in [2.05, 4.69) is 37.4 Å². The van der Waals surface area contributed by atoms with Crippen LogP contribution < -0.4 is 15.5 Å². The lowest BCUT2D eigenvalue weighted by molar-refractivity contribution is 0.114. The third-order valence-electron chi connectivity index (χ3n) is 5.26. The second kappa shape index (κ2) is 10.3. The lowest BCUT2D eigenvalue weighted by Crippen LogP contribution is -2.38. The second-order valence-corrected chi connectivity index (χ2v) is 8.93. The standard InChI is InChI=1S/C20H27N7OS2/c1-14-6-2-3-10-27(14)16-12-17(30-20-21-8-5-9-22-20)25-18(24-16)26-19(29)23-13-15-7-4-11-28-15/h5,8-9,12,14-15H,2-4,6-7,10-11,13H2,1H3,(H2,23,24,25,26,29)/t14-,15+/m1/s1. The van der Waals surface area contributed by atoms with Crippen molar-refractivity contribution < 1.29 is 4.74 Å². The summed E-state index contributed by atoms with van der Waals surface area (Å²) in [5.41, 5.74) is 0. The first-order valence-electron chi connectivity index (χ1n) is 10.4. The number of hydrogen-bond donors (Lipinski definition) is 2. The van der Waals surface area contributed by atoms with Crippen molar-refractivity contribution in [3.8, 4) is 0 Å². The van der Waals surface area contributed by atoms with Crippen LogP contribution in [0, 0.1) is 0 Å². The monoisotopic (exact) mass is 445 g/mol. The lowest BCUT2D eigenvalue weighted by atomic mass is 10.0. The largest absolute Gasteiger partial charge is 0.376 e. The maximum atomic E-state index is 5.64. The van der Waals surface area contributed by atoms with E-state index in [-0.39, 0.29) is 6.10 Å². The number of anilines is 2. The molecule has 2 saturated heterocycles. The van der Waals surface area contributed by atoms with Crippen LogP contribution in [0.15, 0.2) is 34.7 Å². The van der Waals surface area contributed by atoms with E-state index in [1.807, 2.05) is 6.07 Å². The van der Waals surface area contributed by atoms with Crippen molar-refractivity contribution in [2.45, 2.75) is 61.4 Å². The number of piperidine rings is 1. The summed E-state index contributed by atoms with van der Waals surface area (Å²) < 4.78 is 5.64. The molecule has 0 spiro atoms. The van der Waals surface area contributed by atoms with Gasteiger partial charge in [-0.15, -0.1) is 0 Å². The van der Waals surface area contributed by atoms with E-state index in [1.165, 1.54) is 31.0 Å². The zero-order valence-electron chi connectivity index (χ0n) is 17.1. The molecule has 0 radical (unpaired) electrons. The number of hydrogen-bond acceptors (Lipinski definition) is 8. The summed E-state index contributed by atoms with van der Waals surface area (Å²) in [6.07, 6.45) is 9.43. The van der Waals surface area contributed by atoms with Crippen LogP contribution in [-0.2, 0) is 4.74 Å². The van der Waals surface area contributed by atoms with Crippen molar-refractivity contribution in [1.29, 1.82) is 0 Å². The Morgan fingerprint density at radius 2 is 2.10 bits per heavy atom. The summed E-state index contributed by atoms with van der Waals surface area (Å²) in [5, 5.41) is 8.31. The molecule has 4 rings (SSSR count). The van der Waals surface area contributed by atoms with E-state index in [4.69, 9.17) is 21.9 Å². The first-order chi connectivity index (χ1) is 14.7. The first kappa shape index (κ1) is 21.2. The molecule has 0 aromatic carbocycles. The first-order valence-corrected chi connectivity index (χ1v) is 11.7. The molecule has 8 nitrogen and oxygen atoms in total. The van der Waals surface area contributed by atoms with Gasteiger partial charge in [0.25, 0.3) is 0 Å². The summed E-state index contributed by atoms with van der Waals surface area (Å²) in [4.78, 5) is 20.3. The normalized spacial score (nSPS) is 21.4. The van der Waals surface area contributed by atoms with Gasteiger partial charge < -0.3 is 20.3 Å². The van der Waals surface area contributed by atoms with Gasteiger partial charge in [0.2, 0.25) is 5.95 Å². The fraction of sp³-hybridized carbons (Fsp3) is 0.550. The van der Waals surface area contributed by atoms with Crippen molar-refractivity contribution >= 4 is 40.9 Å². The Hall–Kier alpha value is -2.04. The van der Waals surface area contributed by atoms with Gasteiger partial charge in [-0.1, -0.05) is 0 Å². The maximum Gasteiger partial charge on any atom is 0.232 e. The number of ether oxygens (including phenoxy) is 1. The minimum absolute atomic E-state index is 0.215. The molecule has 2 atom stereocenters. The Kier molecular flexibility index (Phi) is 7.29. The highest BCUT2D eigenvalue weighted by Crippen LogP contribution is 2.29. The average Bonchev–Trinajstić information content (AvgIpc) is 3.27. The molecule has 2 N–H and O–H groups in total. The Morgan fingerprint density at radius 1 is 1.23 bits per heavy atom. The molecule has 2 aromatic rings. The molecule has 0 aliphatic carbocycles. The van der Waals surface area contributed by atoms with Crippen LogP contribution >= 0.6 is 24.0 Å². The number of rotatable bonds is 6. The SMILES string of the molecule is C[C@@H]1CCCCN1c1cc(Sc2ncccn2)nc(NC(=S)NC[C@@H]2CCCO2)n1. The Morgan fingerprint density at radius 3 is 2.87 bits per heavy atom.